The summed E-state index contributed by atoms with van der Waals surface area (Å²) in [6, 6.07) is 14.1. The number of nitrogens with one attached hydrogen (secondary N) is 1. The fourth-order valence-electron chi connectivity index (χ4n) is 2.30. The van der Waals surface area contributed by atoms with Crippen molar-refractivity contribution < 1.29 is 26.6 Å². The summed E-state index contributed by atoms with van der Waals surface area (Å²) in [5.41, 5.74) is 2.40. The molecule has 0 atom stereocenters. The summed E-state index contributed by atoms with van der Waals surface area (Å²) < 4.78 is 16.4. The predicted octanol–water partition coefficient (Wildman–Crippen LogP) is 0.786. The van der Waals surface area contributed by atoms with E-state index in [9.17, 15) is 0 Å². The van der Waals surface area contributed by atoms with Gasteiger partial charge in [-0.1, -0.05) is 18.2 Å². The molecule has 0 fully saturated rings. The lowest BCUT2D eigenvalue weighted by Crippen LogP contribution is -3.00. The summed E-state index contributed by atoms with van der Waals surface area (Å²) in [6.45, 7) is 6.79. The summed E-state index contributed by atoms with van der Waals surface area (Å²) in [5, 5.41) is 3.44. The number of rotatable bonds is 9. The van der Waals surface area contributed by atoms with Crippen LogP contribution in [0.4, 0.5) is 0 Å². The molecule has 2 aromatic rings. The largest absolute Gasteiger partial charge is 1.00 e. The monoisotopic (exact) mass is 350 g/mol. The smallest absolute Gasteiger partial charge is 0.161 e. The molecule has 0 aliphatic rings. The van der Waals surface area contributed by atoms with Crippen molar-refractivity contribution in [3.05, 3.63) is 53.6 Å². The van der Waals surface area contributed by atoms with Crippen molar-refractivity contribution in [1.29, 1.82) is 0 Å². The van der Waals surface area contributed by atoms with Crippen LogP contribution in [0.3, 0.4) is 0 Å². The third-order valence-electron chi connectivity index (χ3n) is 3.43. The first-order valence-electron chi connectivity index (χ1n) is 7.99. The van der Waals surface area contributed by atoms with Gasteiger partial charge in [0.2, 0.25) is 0 Å². The molecule has 0 aromatic heterocycles. The number of hydrogen-bond acceptors (Lipinski definition) is 4. The van der Waals surface area contributed by atoms with E-state index >= 15 is 0 Å². The number of ether oxygens (including phenoxy) is 3. The first-order valence-corrected chi connectivity index (χ1v) is 7.99. The Labute approximate surface area is 150 Å². The average Bonchev–Trinajstić information content (AvgIpc) is 2.58. The lowest BCUT2D eigenvalue weighted by Gasteiger charge is -2.13. The van der Waals surface area contributed by atoms with Crippen LogP contribution in [-0.4, -0.2) is 20.3 Å². The summed E-state index contributed by atoms with van der Waals surface area (Å²) in [6.07, 6.45) is 0. The maximum absolute atomic E-state index is 5.65. The van der Waals surface area contributed by atoms with Crippen LogP contribution >= 0.6 is 0 Å². The molecule has 0 bridgehead atoms. The van der Waals surface area contributed by atoms with Gasteiger partial charge in [0.25, 0.3) is 0 Å². The van der Waals surface area contributed by atoms with Crippen LogP contribution in [0.1, 0.15) is 25.0 Å². The maximum atomic E-state index is 5.65. The summed E-state index contributed by atoms with van der Waals surface area (Å²) >= 11 is 0. The molecule has 0 aliphatic carbocycles. The van der Waals surface area contributed by atoms with Crippen LogP contribution < -0.4 is 31.9 Å². The Balaban J connectivity index is 0.00000288. The van der Waals surface area contributed by atoms with Crippen molar-refractivity contribution in [1.82, 2.24) is 5.32 Å². The van der Waals surface area contributed by atoms with Gasteiger partial charge >= 0.3 is 0 Å². The van der Waals surface area contributed by atoms with Gasteiger partial charge in [-0.15, -0.1) is 0 Å². The molecule has 0 amide bonds. The van der Waals surface area contributed by atoms with Crippen LogP contribution in [0.25, 0.3) is 0 Å². The van der Waals surface area contributed by atoms with Crippen LogP contribution in [0.5, 0.6) is 17.2 Å². The highest BCUT2D eigenvalue weighted by Gasteiger charge is 2.06. The Morgan fingerprint density at radius 2 is 1.38 bits per heavy atom. The van der Waals surface area contributed by atoms with Crippen molar-refractivity contribution in [2.24, 2.45) is 0 Å². The molecule has 0 spiro atoms. The van der Waals surface area contributed by atoms with Crippen LogP contribution in [0.15, 0.2) is 42.5 Å². The molecule has 1 N–H and O–H groups in total. The number of benzene rings is 2. The Morgan fingerprint density at radius 1 is 0.792 bits per heavy atom. The molecular formula is C19H25ClNO3-. The van der Waals surface area contributed by atoms with Gasteiger partial charge in [0, 0.05) is 13.1 Å². The topological polar surface area (TPSA) is 39.7 Å². The van der Waals surface area contributed by atoms with E-state index in [-0.39, 0.29) is 12.4 Å². The number of halogens is 1. The van der Waals surface area contributed by atoms with E-state index in [0.717, 1.165) is 30.3 Å². The van der Waals surface area contributed by atoms with Gasteiger partial charge in [-0.05, 0) is 49.2 Å². The standard InChI is InChI=1S/C19H25NO3.ClH/c1-4-22-18-11-8-16(12-19(18)23-5-2)14-20-13-15-6-9-17(21-3)10-7-15;/h6-12,20H,4-5,13-14H2,1-3H3;1H/p-1. The normalized spacial score (nSPS) is 9.96. The molecule has 4 nitrogen and oxygen atoms in total. The minimum absolute atomic E-state index is 0. The molecule has 2 aromatic carbocycles. The fourth-order valence-corrected chi connectivity index (χ4v) is 2.30. The molecule has 2 rings (SSSR count). The lowest BCUT2D eigenvalue weighted by atomic mass is 10.2. The highest BCUT2D eigenvalue weighted by atomic mass is 35.5. The van der Waals surface area contributed by atoms with Crippen molar-refractivity contribution in [3.8, 4) is 17.2 Å². The summed E-state index contributed by atoms with van der Waals surface area (Å²) in [7, 11) is 1.68. The number of hydrogen-bond donors (Lipinski definition) is 1. The van der Waals surface area contributed by atoms with E-state index in [2.05, 4.69) is 23.5 Å². The predicted molar refractivity (Wildman–Crippen MR) is 92.3 cm³/mol. The molecule has 24 heavy (non-hydrogen) atoms. The van der Waals surface area contributed by atoms with Gasteiger partial charge in [0.05, 0.1) is 20.3 Å². The first-order chi connectivity index (χ1) is 11.3. The molecule has 132 valence electrons. The molecule has 0 aliphatic heterocycles. The minimum Gasteiger partial charge on any atom is -1.00 e. The fraction of sp³-hybridized carbons (Fsp3) is 0.368. The lowest BCUT2D eigenvalue weighted by molar-refractivity contribution is -0.00000605. The highest BCUT2D eigenvalue weighted by Crippen LogP contribution is 2.28. The van der Waals surface area contributed by atoms with E-state index in [1.807, 2.05) is 38.1 Å². The van der Waals surface area contributed by atoms with Gasteiger partial charge in [-0.25, -0.2) is 0 Å². The Morgan fingerprint density at radius 3 is 2.00 bits per heavy atom. The van der Waals surface area contributed by atoms with Crippen molar-refractivity contribution in [2.45, 2.75) is 26.9 Å². The van der Waals surface area contributed by atoms with E-state index in [1.165, 1.54) is 11.1 Å². The summed E-state index contributed by atoms with van der Waals surface area (Å²) in [5.74, 6) is 2.48. The molecular weight excluding hydrogens is 326 g/mol. The van der Waals surface area contributed by atoms with Crippen molar-refractivity contribution in [3.63, 3.8) is 0 Å². The van der Waals surface area contributed by atoms with E-state index in [1.54, 1.807) is 7.11 Å². The maximum Gasteiger partial charge on any atom is 0.161 e. The SMILES string of the molecule is CCOc1ccc(CNCc2ccc(OC)cc2)cc1OCC.[Cl-]. The second kappa shape index (κ2) is 10.8. The second-order valence-electron chi connectivity index (χ2n) is 5.10. The van der Waals surface area contributed by atoms with Gasteiger partial charge in [-0.2, -0.15) is 0 Å². The zero-order valence-corrected chi connectivity index (χ0v) is 15.2. The zero-order valence-electron chi connectivity index (χ0n) is 14.5. The Hall–Kier alpha value is -1.91. The van der Waals surface area contributed by atoms with Gasteiger partial charge in [0.1, 0.15) is 5.75 Å². The molecule has 0 saturated carbocycles. The van der Waals surface area contributed by atoms with Crippen molar-refractivity contribution in [2.75, 3.05) is 20.3 Å². The van der Waals surface area contributed by atoms with E-state index in [0.29, 0.717) is 13.2 Å². The Bertz CT molecular complexity index is 602. The van der Waals surface area contributed by atoms with Gasteiger partial charge in [-0.3, -0.25) is 0 Å². The van der Waals surface area contributed by atoms with E-state index in [4.69, 9.17) is 14.2 Å². The minimum atomic E-state index is 0. The molecule has 0 unspecified atom stereocenters. The van der Waals surface area contributed by atoms with E-state index < -0.39 is 0 Å². The second-order valence-corrected chi connectivity index (χ2v) is 5.10. The van der Waals surface area contributed by atoms with Crippen LogP contribution in [0.2, 0.25) is 0 Å². The molecule has 0 saturated heterocycles. The van der Waals surface area contributed by atoms with Crippen LogP contribution in [-0.2, 0) is 13.1 Å². The quantitative estimate of drug-likeness (QED) is 0.726. The van der Waals surface area contributed by atoms with Crippen LogP contribution in [0, 0.1) is 0 Å². The summed E-state index contributed by atoms with van der Waals surface area (Å²) in [4.78, 5) is 0. The van der Waals surface area contributed by atoms with Crippen molar-refractivity contribution >= 4 is 0 Å². The molecule has 5 heteroatoms. The zero-order chi connectivity index (χ0) is 16.5. The molecule has 0 heterocycles. The van der Waals surface area contributed by atoms with Gasteiger partial charge < -0.3 is 31.9 Å². The first kappa shape index (κ1) is 20.1. The number of methoxy groups -OCH3 is 1. The highest BCUT2D eigenvalue weighted by molar-refractivity contribution is 5.43. The average molecular weight is 351 g/mol. The molecule has 0 radical (unpaired) electrons. The third kappa shape index (κ3) is 5.95. The third-order valence-corrected chi connectivity index (χ3v) is 3.43. The Kier molecular flexibility index (Phi) is 9.05. The van der Waals surface area contributed by atoms with Gasteiger partial charge in [0.15, 0.2) is 11.5 Å².